The number of urea groups is 1. The lowest BCUT2D eigenvalue weighted by Crippen LogP contribution is -2.59. The van der Waals surface area contributed by atoms with Crippen LogP contribution in [0.2, 0.25) is 0 Å². The van der Waals surface area contributed by atoms with Crippen molar-refractivity contribution < 1.29 is 27.5 Å². The summed E-state index contributed by atoms with van der Waals surface area (Å²) in [6, 6.07) is 19.1. The highest BCUT2D eigenvalue weighted by molar-refractivity contribution is 7.93. The van der Waals surface area contributed by atoms with Gasteiger partial charge in [0.2, 0.25) is 0 Å². The zero-order valence-corrected chi connectivity index (χ0v) is 29.6. The van der Waals surface area contributed by atoms with Crippen LogP contribution in [0.1, 0.15) is 49.8 Å². The molecule has 0 spiro atoms. The second kappa shape index (κ2) is 14.7. The summed E-state index contributed by atoms with van der Waals surface area (Å²) in [6.45, 7) is 10.4. The van der Waals surface area contributed by atoms with Gasteiger partial charge in [-0.05, 0) is 69.1 Å². The summed E-state index contributed by atoms with van der Waals surface area (Å²) in [5.41, 5.74) is -1.42. The first-order valence-electron chi connectivity index (χ1n) is 17.2. The minimum atomic E-state index is -4.59. The second-order valence-corrected chi connectivity index (χ2v) is 14.5. The van der Waals surface area contributed by atoms with Crippen molar-refractivity contribution in [1.29, 1.82) is 5.26 Å². The molecule has 0 aromatic heterocycles. The minimum absolute atomic E-state index is 0.0208. The second-order valence-electron chi connectivity index (χ2n) is 12.8. The van der Waals surface area contributed by atoms with Crippen LogP contribution in [0.5, 0.6) is 11.5 Å². The number of hydrogen-bond donors (Lipinski definition) is 1. The molecule has 3 aliphatic rings. The lowest BCUT2D eigenvalue weighted by Gasteiger charge is -2.43. The third-order valence-corrected chi connectivity index (χ3v) is 11.7. The molecule has 2 saturated heterocycles. The van der Waals surface area contributed by atoms with Crippen molar-refractivity contribution in [1.82, 2.24) is 20.0 Å². The number of anilines is 1. The molecule has 1 N–H and O–H groups in total. The highest BCUT2D eigenvalue weighted by atomic mass is 32.2. The number of likely N-dealkylation sites (tertiary alicyclic amines) is 1. The van der Waals surface area contributed by atoms with Crippen LogP contribution in [-0.2, 0) is 20.4 Å². The fourth-order valence-electron chi connectivity index (χ4n) is 7.48. The van der Waals surface area contributed by atoms with E-state index in [1.165, 1.54) is 37.4 Å². The molecule has 0 bridgehead atoms. The standard InChI is InChI=1S/C37H44N6O6S/c1-4-18-40-21-23-41(24-22-40)28-16-19-42(20-17-28)36(45)39-37(29-10-6-7-11-32(29)49-5-2)30-25-27(26-38)14-15-31(30)43(35(37)44)50(46,47)34-13-9-8-12-33(34)48-3/h6-15,25,28H,4-5,16-24H2,1-3H3,(H,39,45). The average molecular weight is 701 g/mol. The van der Waals surface area contributed by atoms with Crippen LogP contribution in [0.25, 0.3) is 0 Å². The van der Waals surface area contributed by atoms with Gasteiger partial charge in [-0.1, -0.05) is 37.3 Å². The maximum Gasteiger partial charge on any atom is 0.318 e. The SMILES string of the molecule is CCCN1CCN(C2CCN(C(=O)NC3(c4ccccc4OCC)C(=O)N(S(=O)(=O)c4ccccc4OC)c4ccc(C#N)cc43)CC2)CC1. The van der Waals surface area contributed by atoms with Crippen molar-refractivity contribution in [2.75, 3.05) is 63.8 Å². The van der Waals surface area contributed by atoms with Crippen molar-refractivity contribution in [3.8, 4) is 17.6 Å². The minimum Gasteiger partial charge on any atom is -0.495 e. The molecule has 2 fully saturated rings. The van der Waals surface area contributed by atoms with E-state index in [0.717, 1.165) is 56.3 Å². The van der Waals surface area contributed by atoms with Crippen molar-refractivity contribution in [2.24, 2.45) is 0 Å². The summed E-state index contributed by atoms with van der Waals surface area (Å²) in [5.74, 6) is -0.565. The van der Waals surface area contributed by atoms with Crippen molar-refractivity contribution in [3.63, 3.8) is 0 Å². The fraction of sp³-hybridized carbons (Fsp3) is 0.432. The number of nitriles is 1. The molecule has 0 radical (unpaired) electrons. The zero-order chi connectivity index (χ0) is 35.5. The van der Waals surface area contributed by atoms with E-state index < -0.39 is 27.5 Å². The topological polar surface area (TPSA) is 136 Å². The van der Waals surface area contributed by atoms with Gasteiger partial charge in [0.25, 0.3) is 15.9 Å². The number of benzene rings is 3. The maximum absolute atomic E-state index is 15.1. The van der Waals surface area contributed by atoms with E-state index in [1.807, 2.05) is 0 Å². The first-order valence-corrected chi connectivity index (χ1v) is 18.7. The lowest BCUT2D eigenvalue weighted by atomic mass is 9.82. The monoisotopic (exact) mass is 700 g/mol. The van der Waals surface area contributed by atoms with Gasteiger partial charge in [-0.2, -0.15) is 9.57 Å². The summed E-state index contributed by atoms with van der Waals surface area (Å²) in [4.78, 5) is 36.0. The number of carbonyl (C=O) groups excluding carboxylic acids is 2. The number of nitrogens with one attached hydrogen (secondary N) is 1. The van der Waals surface area contributed by atoms with Gasteiger partial charge < -0.3 is 24.6 Å². The van der Waals surface area contributed by atoms with Gasteiger partial charge in [0, 0.05) is 56.4 Å². The molecule has 3 amide bonds. The number of amides is 3. The number of fused-ring (bicyclic) bond motifs is 1. The molecule has 50 heavy (non-hydrogen) atoms. The summed E-state index contributed by atoms with van der Waals surface area (Å²) in [6.07, 6.45) is 2.70. The third kappa shape index (κ3) is 6.27. The third-order valence-electron chi connectivity index (χ3n) is 9.94. The first kappa shape index (κ1) is 35.2. The van der Waals surface area contributed by atoms with Crippen molar-refractivity contribution in [3.05, 3.63) is 83.4 Å². The molecule has 3 aromatic rings. The number of ether oxygens (including phenoxy) is 2. The number of piperidine rings is 1. The summed E-state index contributed by atoms with van der Waals surface area (Å²) in [5, 5.41) is 13.0. The molecule has 0 aliphatic carbocycles. The largest absolute Gasteiger partial charge is 0.495 e. The molecule has 0 saturated carbocycles. The molecule has 264 valence electrons. The summed E-state index contributed by atoms with van der Waals surface area (Å²) in [7, 11) is -3.24. The Hall–Kier alpha value is -4.64. The smallest absolute Gasteiger partial charge is 0.318 e. The number of sulfonamides is 1. The Bertz CT molecular complexity index is 1880. The normalized spacial score (nSPS) is 20.3. The van der Waals surface area contributed by atoms with Crippen LogP contribution in [0.4, 0.5) is 10.5 Å². The number of nitrogens with zero attached hydrogens (tertiary/aromatic N) is 5. The zero-order valence-electron chi connectivity index (χ0n) is 28.8. The van der Waals surface area contributed by atoms with Crippen LogP contribution < -0.4 is 19.1 Å². The van der Waals surface area contributed by atoms with Crippen LogP contribution in [0.3, 0.4) is 0 Å². The van der Waals surface area contributed by atoms with Crippen molar-refractivity contribution >= 4 is 27.6 Å². The van der Waals surface area contributed by atoms with E-state index in [0.29, 0.717) is 24.9 Å². The molecule has 3 aliphatic heterocycles. The van der Waals surface area contributed by atoms with E-state index in [9.17, 15) is 18.5 Å². The highest BCUT2D eigenvalue weighted by Crippen LogP contribution is 2.50. The van der Waals surface area contributed by atoms with Gasteiger partial charge in [-0.3, -0.25) is 9.69 Å². The van der Waals surface area contributed by atoms with Gasteiger partial charge in [-0.25, -0.2) is 13.2 Å². The van der Waals surface area contributed by atoms with Gasteiger partial charge in [0.15, 0.2) is 5.54 Å². The van der Waals surface area contributed by atoms with E-state index >= 15 is 4.79 Å². The molecule has 12 nitrogen and oxygen atoms in total. The van der Waals surface area contributed by atoms with E-state index in [1.54, 1.807) is 48.2 Å². The number of piperazine rings is 1. The summed E-state index contributed by atoms with van der Waals surface area (Å²) >= 11 is 0. The van der Waals surface area contributed by atoms with Gasteiger partial charge in [0.05, 0.1) is 31.0 Å². The number of para-hydroxylation sites is 2. The Morgan fingerprint density at radius 2 is 1.62 bits per heavy atom. The predicted molar refractivity (Wildman–Crippen MR) is 189 cm³/mol. The Kier molecular flexibility index (Phi) is 10.3. The molecular weight excluding hydrogens is 657 g/mol. The van der Waals surface area contributed by atoms with Gasteiger partial charge in [-0.15, -0.1) is 0 Å². The summed E-state index contributed by atoms with van der Waals surface area (Å²) < 4.78 is 41.1. The molecular formula is C37H44N6O6S. The maximum atomic E-state index is 15.1. The Balaban J connectivity index is 1.39. The van der Waals surface area contributed by atoms with Crippen LogP contribution in [0, 0.1) is 11.3 Å². The van der Waals surface area contributed by atoms with Gasteiger partial charge >= 0.3 is 6.03 Å². The quantitative estimate of drug-likeness (QED) is 0.331. The van der Waals surface area contributed by atoms with Crippen LogP contribution in [-0.4, -0.2) is 101 Å². The van der Waals surface area contributed by atoms with E-state index in [4.69, 9.17) is 9.47 Å². The lowest BCUT2D eigenvalue weighted by molar-refractivity contribution is -0.121. The molecule has 6 rings (SSSR count). The molecule has 13 heteroatoms. The Labute approximate surface area is 294 Å². The Morgan fingerprint density at radius 1 is 0.940 bits per heavy atom. The Morgan fingerprint density at radius 3 is 2.28 bits per heavy atom. The van der Waals surface area contributed by atoms with Crippen LogP contribution >= 0.6 is 0 Å². The van der Waals surface area contributed by atoms with Crippen molar-refractivity contribution in [2.45, 2.75) is 49.6 Å². The van der Waals surface area contributed by atoms with Crippen LogP contribution in [0.15, 0.2) is 71.6 Å². The van der Waals surface area contributed by atoms with Gasteiger partial charge in [0.1, 0.15) is 16.4 Å². The average Bonchev–Trinajstić information content (AvgIpc) is 3.39. The number of carbonyl (C=O) groups is 2. The predicted octanol–water partition coefficient (Wildman–Crippen LogP) is 4.15. The molecule has 1 unspecified atom stereocenters. The molecule has 3 heterocycles. The fourth-order valence-corrected chi connectivity index (χ4v) is 9.10. The number of methoxy groups -OCH3 is 1. The first-order chi connectivity index (χ1) is 24.2. The molecule has 3 aromatic carbocycles. The van der Waals surface area contributed by atoms with E-state index in [-0.39, 0.29) is 39.6 Å². The molecule has 1 atom stereocenters. The highest BCUT2D eigenvalue weighted by Gasteiger charge is 2.59. The number of hydrogen-bond acceptors (Lipinski definition) is 9. The van der Waals surface area contributed by atoms with E-state index in [2.05, 4.69) is 28.1 Å². The number of rotatable bonds is 10.